The van der Waals surface area contributed by atoms with Crippen molar-refractivity contribution in [2.24, 2.45) is 5.84 Å². The second-order valence-corrected chi connectivity index (χ2v) is 4.56. The quantitative estimate of drug-likeness (QED) is 0.381. The molecule has 3 aromatic rings. The number of hydrogen-bond donors (Lipinski definition) is 3. The second-order valence-electron chi connectivity index (χ2n) is 4.56. The van der Waals surface area contributed by atoms with Crippen molar-refractivity contribution in [3.8, 4) is 17.0 Å². The molecule has 0 fully saturated rings. The molecule has 0 aliphatic rings. The third-order valence-corrected chi connectivity index (χ3v) is 3.27. The van der Waals surface area contributed by atoms with Crippen molar-refractivity contribution in [2.75, 3.05) is 0 Å². The number of phenolic OH excluding ortho intramolecular Hbond substituents is 1. The molecule has 21 heavy (non-hydrogen) atoms. The zero-order valence-electron chi connectivity index (χ0n) is 11.1. The Morgan fingerprint density at radius 2 is 1.81 bits per heavy atom. The van der Waals surface area contributed by atoms with Crippen molar-refractivity contribution in [3.63, 3.8) is 0 Å². The molecule has 0 bridgehead atoms. The fourth-order valence-corrected chi connectivity index (χ4v) is 2.27. The molecule has 3 rings (SSSR count). The standard InChI is InChI=1S/C16H13N3O2/c17-19-16(21)12-9-14(11-6-2-4-8-15(11)20)18-13-7-3-1-5-10(12)13/h1-9,20H,17H2,(H,19,21). The van der Waals surface area contributed by atoms with E-state index in [2.05, 4.69) is 10.4 Å². The maximum atomic E-state index is 12.0. The Bertz CT molecular complexity index is 831. The molecule has 0 radical (unpaired) electrons. The number of rotatable bonds is 2. The van der Waals surface area contributed by atoms with Crippen LogP contribution in [0.1, 0.15) is 10.4 Å². The molecule has 104 valence electrons. The summed E-state index contributed by atoms with van der Waals surface area (Å²) < 4.78 is 0. The molecule has 1 amide bonds. The van der Waals surface area contributed by atoms with Crippen molar-refractivity contribution >= 4 is 16.8 Å². The number of carbonyl (C=O) groups is 1. The van der Waals surface area contributed by atoms with Gasteiger partial charge in [-0.25, -0.2) is 10.8 Å². The summed E-state index contributed by atoms with van der Waals surface area (Å²) in [5, 5.41) is 10.7. The van der Waals surface area contributed by atoms with Crippen LogP contribution in [0.25, 0.3) is 22.2 Å². The fourth-order valence-electron chi connectivity index (χ4n) is 2.27. The van der Waals surface area contributed by atoms with Gasteiger partial charge >= 0.3 is 0 Å². The number of fused-ring (bicyclic) bond motifs is 1. The van der Waals surface area contributed by atoms with Gasteiger partial charge in [0.1, 0.15) is 5.75 Å². The lowest BCUT2D eigenvalue weighted by molar-refractivity contribution is 0.0955. The van der Waals surface area contributed by atoms with Crippen molar-refractivity contribution in [1.29, 1.82) is 0 Å². The van der Waals surface area contributed by atoms with Crippen LogP contribution in [-0.2, 0) is 0 Å². The summed E-state index contributed by atoms with van der Waals surface area (Å²) in [6, 6.07) is 15.8. The summed E-state index contributed by atoms with van der Waals surface area (Å²) in [5.74, 6) is 4.96. The molecule has 1 heterocycles. The number of phenols is 1. The lowest BCUT2D eigenvalue weighted by Gasteiger charge is -2.09. The SMILES string of the molecule is NNC(=O)c1cc(-c2ccccc2O)nc2ccccc12. The average Bonchev–Trinajstić information content (AvgIpc) is 2.53. The smallest absolute Gasteiger partial charge is 0.265 e. The van der Waals surface area contributed by atoms with E-state index in [0.717, 1.165) is 0 Å². The van der Waals surface area contributed by atoms with E-state index in [1.165, 1.54) is 0 Å². The Morgan fingerprint density at radius 1 is 1.10 bits per heavy atom. The first-order valence-corrected chi connectivity index (χ1v) is 6.40. The molecular weight excluding hydrogens is 266 g/mol. The highest BCUT2D eigenvalue weighted by atomic mass is 16.3. The highest BCUT2D eigenvalue weighted by molar-refractivity contribution is 6.07. The summed E-state index contributed by atoms with van der Waals surface area (Å²) in [6.45, 7) is 0. The third kappa shape index (κ3) is 2.30. The number of amides is 1. The number of hydrazine groups is 1. The second kappa shape index (κ2) is 5.22. The van der Waals surface area contributed by atoms with E-state index >= 15 is 0 Å². The maximum Gasteiger partial charge on any atom is 0.265 e. The lowest BCUT2D eigenvalue weighted by atomic mass is 10.0. The molecule has 4 N–H and O–H groups in total. The first-order valence-electron chi connectivity index (χ1n) is 6.40. The number of aromatic hydroxyl groups is 1. The van der Waals surface area contributed by atoms with Gasteiger partial charge in [-0.15, -0.1) is 0 Å². The van der Waals surface area contributed by atoms with Gasteiger partial charge in [0, 0.05) is 10.9 Å². The first-order chi connectivity index (χ1) is 10.2. The van der Waals surface area contributed by atoms with Gasteiger partial charge in [-0.2, -0.15) is 0 Å². The summed E-state index contributed by atoms with van der Waals surface area (Å²) in [5.41, 5.74) is 4.30. The van der Waals surface area contributed by atoms with Gasteiger partial charge in [0.05, 0.1) is 16.8 Å². The van der Waals surface area contributed by atoms with Crippen LogP contribution in [0.5, 0.6) is 5.75 Å². The Balaban J connectivity index is 2.31. The summed E-state index contributed by atoms with van der Waals surface area (Å²) in [6.07, 6.45) is 0. The van der Waals surface area contributed by atoms with Gasteiger partial charge < -0.3 is 5.11 Å². The molecule has 5 nitrogen and oxygen atoms in total. The molecule has 0 spiro atoms. The zero-order valence-corrected chi connectivity index (χ0v) is 11.1. The van der Waals surface area contributed by atoms with Gasteiger partial charge in [-0.1, -0.05) is 30.3 Å². The van der Waals surface area contributed by atoms with Gasteiger partial charge in [0.25, 0.3) is 5.91 Å². The number of nitrogens with one attached hydrogen (secondary N) is 1. The molecule has 5 heteroatoms. The summed E-state index contributed by atoms with van der Waals surface area (Å²) in [4.78, 5) is 16.5. The van der Waals surface area contributed by atoms with Crippen LogP contribution in [0.15, 0.2) is 54.6 Å². The molecule has 0 aliphatic heterocycles. The van der Waals surface area contributed by atoms with Crippen LogP contribution in [0, 0.1) is 0 Å². The topological polar surface area (TPSA) is 88.2 Å². The molecule has 0 unspecified atom stereocenters. The lowest BCUT2D eigenvalue weighted by Crippen LogP contribution is -2.30. The van der Waals surface area contributed by atoms with E-state index in [1.54, 1.807) is 30.3 Å². The van der Waals surface area contributed by atoms with Gasteiger partial charge in [0.2, 0.25) is 0 Å². The zero-order chi connectivity index (χ0) is 14.8. The predicted octanol–water partition coefficient (Wildman–Crippen LogP) is 2.21. The minimum absolute atomic E-state index is 0.111. The number of benzene rings is 2. The molecule has 0 atom stereocenters. The van der Waals surface area contributed by atoms with Crippen LogP contribution >= 0.6 is 0 Å². The molecular formula is C16H13N3O2. The average molecular weight is 279 g/mol. The number of nitrogen functional groups attached to an aromatic ring is 1. The Morgan fingerprint density at radius 3 is 2.57 bits per heavy atom. The predicted molar refractivity (Wildman–Crippen MR) is 80.5 cm³/mol. The van der Waals surface area contributed by atoms with E-state index in [9.17, 15) is 9.90 Å². The molecule has 0 saturated carbocycles. The van der Waals surface area contributed by atoms with Crippen molar-refractivity contribution < 1.29 is 9.90 Å². The van der Waals surface area contributed by atoms with E-state index < -0.39 is 5.91 Å². The largest absolute Gasteiger partial charge is 0.507 e. The van der Waals surface area contributed by atoms with Crippen LogP contribution < -0.4 is 11.3 Å². The monoisotopic (exact) mass is 279 g/mol. The van der Waals surface area contributed by atoms with Gasteiger partial charge in [0.15, 0.2) is 0 Å². The Hall–Kier alpha value is -2.92. The molecule has 1 aromatic heterocycles. The van der Waals surface area contributed by atoms with E-state index in [0.29, 0.717) is 27.7 Å². The number of nitrogens with two attached hydrogens (primary N) is 1. The number of para-hydroxylation sites is 2. The summed E-state index contributed by atoms with van der Waals surface area (Å²) in [7, 11) is 0. The third-order valence-electron chi connectivity index (χ3n) is 3.27. The normalized spacial score (nSPS) is 10.5. The number of aromatic nitrogens is 1. The van der Waals surface area contributed by atoms with Gasteiger partial charge in [-0.05, 0) is 24.3 Å². The van der Waals surface area contributed by atoms with Crippen molar-refractivity contribution in [1.82, 2.24) is 10.4 Å². The maximum absolute atomic E-state index is 12.0. The first kappa shape index (κ1) is 13.1. The highest BCUT2D eigenvalue weighted by Gasteiger charge is 2.14. The van der Waals surface area contributed by atoms with E-state index in [4.69, 9.17) is 5.84 Å². The van der Waals surface area contributed by atoms with Crippen molar-refractivity contribution in [3.05, 3.63) is 60.2 Å². The van der Waals surface area contributed by atoms with Crippen LogP contribution in [0.2, 0.25) is 0 Å². The highest BCUT2D eigenvalue weighted by Crippen LogP contribution is 2.30. The van der Waals surface area contributed by atoms with Crippen LogP contribution in [0.3, 0.4) is 0 Å². The minimum Gasteiger partial charge on any atom is -0.507 e. The number of carbonyl (C=O) groups excluding carboxylic acids is 1. The number of hydrogen-bond acceptors (Lipinski definition) is 4. The summed E-state index contributed by atoms with van der Waals surface area (Å²) >= 11 is 0. The fraction of sp³-hybridized carbons (Fsp3) is 0. The van der Waals surface area contributed by atoms with E-state index in [-0.39, 0.29) is 5.75 Å². The molecule has 2 aromatic carbocycles. The number of nitrogens with zero attached hydrogens (tertiary/aromatic N) is 1. The van der Waals surface area contributed by atoms with Crippen LogP contribution in [0.4, 0.5) is 0 Å². The van der Waals surface area contributed by atoms with Crippen molar-refractivity contribution in [2.45, 2.75) is 0 Å². The Kier molecular flexibility index (Phi) is 3.25. The minimum atomic E-state index is -0.398. The van der Waals surface area contributed by atoms with Gasteiger partial charge in [-0.3, -0.25) is 10.2 Å². The Labute approximate surface area is 121 Å². The van der Waals surface area contributed by atoms with Crippen LogP contribution in [-0.4, -0.2) is 16.0 Å². The number of pyridine rings is 1. The van der Waals surface area contributed by atoms with E-state index in [1.807, 2.05) is 24.3 Å². The molecule has 0 saturated heterocycles. The molecule has 0 aliphatic carbocycles.